The molecule has 0 aliphatic heterocycles. The summed E-state index contributed by atoms with van der Waals surface area (Å²) in [7, 11) is 1.04. The van der Waals surface area contributed by atoms with Crippen molar-refractivity contribution in [2.45, 2.75) is 45.4 Å². The molecular formula is C13H30N2O2S. The van der Waals surface area contributed by atoms with Crippen molar-refractivity contribution in [2.75, 3.05) is 32.9 Å². The lowest BCUT2D eigenvalue weighted by Gasteiger charge is -2.26. The van der Waals surface area contributed by atoms with Gasteiger partial charge < -0.3 is 10.2 Å². The van der Waals surface area contributed by atoms with Crippen LogP contribution in [-0.2, 0) is 9.84 Å². The Morgan fingerprint density at radius 3 is 2.00 bits per heavy atom. The molecule has 5 heteroatoms. The maximum atomic E-state index is 12.0. The third-order valence-electron chi connectivity index (χ3n) is 3.08. The van der Waals surface area contributed by atoms with Gasteiger partial charge in [0.05, 0.1) is 10.5 Å². The number of likely N-dealkylation sites (N-methyl/N-ethyl adjacent to an activating group) is 1. The van der Waals surface area contributed by atoms with Gasteiger partial charge in [-0.05, 0) is 40.8 Å². The van der Waals surface area contributed by atoms with Crippen molar-refractivity contribution < 1.29 is 8.42 Å². The van der Waals surface area contributed by atoms with Crippen LogP contribution in [0.25, 0.3) is 0 Å². The Hall–Kier alpha value is -0.130. The molecule has 0 amide bonds. The van der Waals surface area contributed by atoms with Crippen LogP contribution in [0.3, 0.4) is 0 Å². The number of sulfone groups is 1. The van der Waals surface area contributed by atoms with Crippen molar-refractivity contribution in [3.63, 3.8) is 0 Å². The van der Waals surface area contributed by atoms with Crippen molar-refractivity contribution >= 4 is 9.84 Å². The maximum Gasteiger partial charge on any atom is 0.156 e. The summed E-state index contributed by atoms with van der Waals surface area (Å²) < 4.78 is 23.3. The Morgan fingerprint density at radius 1 is 1.17 bits per heavy atom. The smallest absolute Gasteiger partial charge is 0.156 e. The average molecular weight is 278 g/mol. The number of nitrogens with zero attached hydrogens (tertiary/aromatic N) is 1. The monoisotopic (exact) mass is 278 g/mol. The van der Waals surface area contributed by atoms with E-state index >= 15 is 0 Å². The first kappa shape index (κ1) is 17.9. The van der Waals surface area contributed by atoms with E-state index in [1.807, 2.05) is 14.1 Å². The lowest BCUT2D eigenvalue weighted by Crippen LogP contribution is -2.45. The Labute approximate surface area is 113 Å². The fourth-order valence-corrected chi connectivity index (χ4v) is 2.59. The summed E-state index contributed by atoms with van der Waals surface area (Å²) in [4.78, 5) is 2.12. The first-order chi connectivity index (χ1) is 7.97. The van der Waals surface area contributed by atoms with E-state index in [1.165, 1.54) is 0 Å². The van der Waals surface area contributed by atoms with Crippen molar-refractivity contribution in [1.82, 2.24) is 10.2 Å². The van der Waals surface area contributed by atoms with Gasteiger partial charge >= 0.3 is 0 Å². The first-order valence-corrected chi connectivity index (χ1v) is 8.23. The Bertz CT molecular complexity index is 329. The van der Waals surface area contributed by atoms with E-state index in [1.54, 1.807) is 20.8 Å². The Kier molecular flexibility index (Phi) is 6.82. The minimum Gasteiger partial charge on any atom is -0.311 e. The molecule has 0 rings (SSSR count). The average Bonchev–Trinajstić information content (AvgIpc) is 2.13. The predicted octanol–water partition coefficient (Wildman–Crippen LogP) is 1.38. The third kappa shape index (κ3) is 6.16. The van der Waals surface area contributed by atoms with E-state index in [0.29, 0.717) is 18.5 Å². The topological polar surface area (TPSA) is 49.4 Å². The van der Waals surface area contributed by atoms with Gasteiger partial charge in [-0.25, -0.2) is 8.42 Å². The molecule has 0 heterocycles. The SMILES string of the molecule is CC(C)C(CN(C)C)NCCS(=O)(=O)C(C)(C)C. The fraction of sp³-hybridized carbons (Fsp3) is 1.00. The van der Waals surface area contributed by atoms with E-state index in [2.05, 4.69) is 24.1 Å². The molecule has 1 N–H and O–H groups in total. The minimum absolute atomic E-state index is 0.202. The second-order valence-electron chi connectivity index (χ2n) is 6.50. The van der Waals surface area contributed by atoms with Gasteiger partial charge in [0.2, 0.25) is 0 Å². The van der Waals surface area contributed by atoms with E-state index < -0.39 is 14.6 Å². The summed E-state index contributed by atoms with van der Waals surface area (Å²) in [6.45, 7) is 11.0. The highest BCUT2D eigenvalue weighted by molar-refractivity contribution is 7.92. The van der Waals surface area contributed by atoms with Gasteiger partial charge in [-0.1, -0.05) is 13.8 Å². The molecule has 0 fully saturated rings. The minimum atomic E-state index is -3.02. The highest BCUT2D eigenvalue weighted by Crippen LogP contribution is 2.15. The van der Waals surface area contributed by atoms with Crippen LogP contribution in [-0.4, -0.2) is 57.0 Å². The fourth-order valence-electron chi connectivity index (χ4n) is 1.59. The molecule has 0 radical (unpaired) electrons. The zero-order chi connectivity index (χ0) is 14.6. The van der Waals surface area contributed by atoms with Crippen molar-refractivity contribution in [3.8, 4) is 0 Å². The van der Waals surface area contributed by atoms with Crippen LogP contribution in [0.1, 0.15) is 34.6 Å². The second-order valence-corrected chi connectivity index (χ2v) is 9.36. The van der Waals surface area contributed by atoms with Crippen LogP contribution in [0, 0.1) is 5.92 Å². The Balaban J connectivity index is 4.32. The summed E-state index contributed by atoms with van der Waals surface area (Å²) in [6, 6.07) is 0.329. The maximum absolute atomic E-state index is 12.0. The summed E-state index contributed by atoms with van der Waals surface area (Å²) >= 11 is 0. The van der Waals surface area contributed by atoms with Crippen molar-refractivity contribution in [1.29, 1.82) is 0 Å². The van der Waals surface area contributed by atoms with Gasteiger partial charge in [-0.3, -0.25) is 0 Å². The second kappa shape index (κ2) is 6.87. The van der Waals surface area contributed by atoms with Crippen molar-refractivity contribution in [3.05, 3.63) is 0 Å². The standard InChI is InChI=1S/C13H30N2O2S/c1-11(2)12(10-15(6)7)14-8-9-18(16,17)13(3,4)5/h11-12,14H,8-10H2,1-7H3. The van der Waals surface area contributed by atoms with Gasteiger partial charge in [-0.2, -0.15) is 0 Å². The Morgan fingerprint density at radius 2 is 1.67 bits per heavy atom. The molecule has 18 heavy (non-hydrogen) atoms. The lowest BCUT2D eigenvalue weighted by molar-refractivity contribution is 0.293. The first-order valence-electron chi connectivity index (χ1n) is 6.58. The van der Waals surface area contributed by atoms with E-state index in [4.69, 9.17) is 0 Å². The highest BCUT2D eigenvalue weighted by atomic mass is 32.2. The van der Waals surface area contributed by atoms with Crippen LogP contribution < -0.4 is 5.32 Å². The molecule has 0 aliphatic carbocycles. The van der Waals surface area contributed by atoms with Crippen LogP contribution in [0.5, 0.6) is 0 Å². The van der Waals surface area contributed by atoms with Gasteiger partial charge in [0.15, 0.2) is 9.84 Å². The molecule has 4 nitrogen and oxygen atoms in total. The largest absolute Gasteiger partial charge is 0.311 e. The van der Waals surface area contributed by atoms with E-state index in [0.717, 1.165) is 6.54 Å². The normalized spacial score (nSPS) is 15.4. The molecule has 0 saturated heterocycles. The predicted molar refractivity (Wildman–Crippen MR) is 78.7 cm³/mol. The van der Waals surface area contributed by atoms with Gasteiger partial charge in [-0.15, -0.1) is 0 Å². The number of hydrogen-bond donors (Lipinski definition) is 1. The van der Waals surface area contributed by atoms with Crippen LogP contribution in [0.2, 0.25) is 0 Å². The zero-order valence-electron chi connectivity index (χ0n) is 12.9. The van der Waals surface area contributed by atoms with Gasteiger partial charge in [0, 0.05) is 19.1 Å². The van der Waals surface area contributed by atoms with Gasteiger partial charge in [0.1, 0.15) is 0 Å². The van der Waals surface area contributed by atoms with Crippen LogP contribution in [0.15, 0.2) is 0 Å². The molecule has 0 aliphatic rings. The van der Waals surface area contributed by atoms with E-state index in [9.17, 15) is 8.42 Å². The van der Waals surface area contributed by atoms with Crippen LogP contribution in [0.4, 0.5) is 0 Å². The quantitative estimate of drug-likeness (QED) is 0.764. The summed E-state index contributed by atoms with van der Waals surface area (Å²) in [6.07, 6.45) is 0. The molecule has 1 unspecified atom stereocenters. The molecule has 0 aromatic rings. The number of rotatable bonds is 7. The molecule has 0 aromatic carbocycles. The number of nitrogens with one attached hydrogen (secondary N) is 1. The molecular weight excluding hydrogens is 248 g/mol. The molecule has 1 atom stereocenters. The molecule has 0 aromatic heterocycles. The van der Waals surface area contributed by atoms with Crippen LogP contribution >= 0.6 is 0 Å². The summed E-state index contributed by atoms with van der Waals surface area (Å²) in [5.41, 5.74) is 0. The molecule has 0 spiro atoms. The molecule has 110 valence electrons. The zero-order valence-corrected chi connectivity index (χ0v) is 13.8. The third-order valence-corrected chi connectivity index (χ3v) is 5.68. The van der Waals surface area contributed by atoms with E-state index in [-0.39, 0.29) is 5.75 Å². The number of hydrogen-bond acceptors (Lipinski definition) is 4. The van der Waals surface area contributed by atoms with Gasteiger partial charge in [0.25, 0.3) is 0 Å². The summed E-state index contributed by atoms with van der Waals surface area (Å²) in [5.74, 6) is 0.692. The molecule has 0 bridgehead atoms. The summed E-state index contributed by atoms with van der Waals surface area (Å²) in [5, 5.41) is 3.36. The highest BCUT2D eigenvalue weighted by Gasteiger charge is 2.28. The van der Waals surface area contributed by atoms with Crippen molar-refractivity contribution in [2.24, 2.45) is 5.92 Å². The molecule has 0 saturated carbocycles. The lowest BCUT2D eigenvalue weighted by atomic mass is 10.0.